The van der Waals surface area contributed by atoms with Gasteiger partial charge in [-0.2, -0.15) is 5.10 Å². The van der Waals surface area contributed by atoms with Crippen molar-refractivity contribution in [3.63, 3.8) is 0 Å². The van der Waals surface area contributed by atoms with Gasteiger partial charge in [-0.15, -0.1) is 11.3 Å². The molecule has 1 heterocycles. The Morgan fingerprint density at radius 2 is 2.33 bits per heavy atom. The average Bonchev–Trinajstić information content (AvgIpc) is 2.86. The van der Waals surface area contributed by atoms with E-state index in [4.69, 9.17) is 4.74 Å². The fourth-order valence-electron chi connectivity index (χ4n) is 1.53. The number of hydrogen-bond acceptors (Lipinski definition) is 8. The largest absolute Gasteiger partial charge is 0.502 e. The lowest BCUT2D eigenvalue weighted by atomic mass is 10.1. The second kappa shape index (κ2) is 6.18. The molecule has 8 nitrogen and oxygen atoms in total. The number of nitrogens with one attached hydrogen (secondary N) is 1. The number of methoxy groups -OCH3 is 1. The number of nitro groups is 1. The average molecular weight is 308 g/mol. The summed E-state index contributed by atoms with van der Waals surface area (Å²) in [7, 11) is 1.38. The van der Waals surface area contributed by atoms with E-state index in [2.05, 4.69) is 15.5 Å². The van der Waals surface area contributed by atoms with Crippen LogP contribution in [0, 0.1) is 17.0 Å². The molecule has 1 aromatic carbocycles. The van der Waals surface area contributed by atoms with E-state index in [1.807, 2.05) is 12.3 Å². The first-order chi connectivity index (χ1) is 10.0. The molecule has 0 amide bonds. The number of aromatic hydroxyl groups is 1. The van der Waals surface area contributed by atoms with Crippen LogP contribution < -0.4 is 10.2 Å². The van der Waals surface area contributed by atoms with E-state index < -0.39 is 16.4 Å². The molecule has 2 N–H and O–H groups in total. The molecule has 2 aromatic rings. The summed E-state index contributed by atoms with van der Waals surface area (Å²) in [6.07, 6.45) is 1.27. The Hall–Kier alpha value is -2.68. The zero-order valence-electron chi connectivity index (χ0n) is 11.2. The van der Waals surface area contributed by atoms with Crippen molar-refractivity contribution in [1.82, 2.24) is 4.98 Å². The van der Waals surface area contributed by atoms with E-state index >= 15 is 0 Å². The highest BCUT2D eigenvalue weighted by Crippen LogP contribution is 2.33. The van der Waals surface area contributed by atoms with Crippen LogP contribution in [-0.2, 0) is 0 Å². The smallest absolute Gasteiger partial charge is 0.315 e. The fourth-order valence-corrected chi connectivity index (χ4v) is 2.17. The molecule has 0 atom stereocenters. The van der Waals surface area contributed by atoms with Gasteiger partial charge in [-0.1, -0.05) is 0 Å². The van der Waals surface area contributed by atoms with Crippen LogP contribution in [0.1, 0.15) is 11.3 Å². The van der Waals surface area contributed by atoms with Crippen LogP contribution in [0.3, 0.4) is 0 Å². The molecule has 9 heteroatoms. The number of ether oxygens (including phenoxy) is 1. The number of thiazole rings is 1. The number of nitrogens with zero attached hydrogens (tertiary/aromatic N) is 3. The molecule has 21 heavy (non-hydrogen) atoms. The minimum atomic E-state index is -0.688. The SMILES string of the molecule is COc1cc(C=NNc2nc(C)cs2)c(O)c([N+](=O)[O-])c1. The maximum Gasteiger partial charge on any atom is 0.315 e. The molecular weight excluding hydrogens is 296 g/mol. The standard InChI is InChI=1S/C12H12N4O4S/c1-7-6-21-12(14-7)15-13-5-8-3-9(20-2)4-10(11(8)17)16(18)19/h3-6,17H,1-2H3,(H,14,15). The molecule has 2 rings (SSSR count). The summed E-state index contributed by atoms with van der Waals surface area (Å²) in [6, 6.07) is 2.59. The van der Waals surface area contributed by atoms with E-state index in [1.165, 1.54) is 30.7 Å². The minimum Gasteiger partial charge on any atom is -0.502 e. The molecule has 0 aliphatic carbocycles. The Morgan fingerprint density at radius 3 is 2.90 bits per heavy atom. The quantitative estimate of drug-likeness (QED) is 0.499. The molecule has 0 aliphatic rings. The molecule has 0 bridgehead atoms. The van der Waals surface area contributed by atoms with Crippen molar-refractivity contribution in [2.75, 3.05) is 12.5 Å². The molecule has 0 spiro atoms. The number of aryl methyl sites for hydroxylation is 1. The van der Waals surface area contributed by atoms with Gasteiger partial charge in [-0.25, -0.2) is 4.98 Å². The van der Waals surface area contributed by atoms with Gasteiger partial charge >= 0.3 is 5.69 Å². The third-order valence-electron chi connectivity index (χ3n) is 2.51. The van der Waals surface area contributed by atoms with Crippen LogP contribution in [0.2, 0.25) is 0 Å². The van der Waals surface area contributed by atoms with Crippen LogP contribution >= 0.6 is 11.3 Å². The Bertz CT molecular complexity index is 699. The van der Waals surface area contributed by atoms with Crippen LogP contribution in [0.4, 0.5) is 10.8 Å². The highest BCUT2D eigenvalue weighted by molar-refractivity contribution is 7.13. The van der Waals surface area contributed by atoms with E-state index in [0.29, 0.717) is 5.13 Å². The Labute approximate surface area is 123 Å². The second-order valence-corrected chi connectivity index (χ2v) is 4.86. The third-order valence-corrected chi connectivity index (χ3v) is 3.37. The maximum absolute atomic E-state index is 10.9. The summed E-state index contributed by atoms with van der Waals surface area (Å²) >= 11 is 1.37. The van der Waals surface area contributed by atoms with Crippen molar-refractivity contribution in [2.24, 2.45) is 5.10 Å². The molecule has 0 radical (unpaired) electrons. The monoisotopic (exact) mass is 308 g/mol. The lowest BCUT2D eigenvalue weighted by Gasteiger charge is -2.04. The molecule has 1 aromatic heterocycles. The van der Waals surface area contributed by atoms with Crippen LogP contribution in [0.15, 0.2) is 22.6 Å². The highest BCUT2D eigenvalue weighted by Gasteiger charge is 2.18. The molecule has 110 valence electrons. The molecule has 0 aliphatic heterocycles. The van der Waals surface area contributed by atoms with Gasteiger partial charge in [0.2, 0.25) is 10.9 Å². The number of phenolic OH excluding ortho intramolecular Hbond substituents is 1. The van der Waals surface area contributed by atoms with Gasteiger partial charge in [0.25, 0.3) is 0 Å². The van der Waals surface area contributed by atoms with Gasteiger partial charge in [-0.3, -0.25) is 15.5 Å². The Kier molecular flexibility index (Phi) is 4.33. The van der Waals surface area contributed by atoms with E-state index in [9.17, 15) is 15.2 Å². The second-order valence-electron chi connectivity index (χ2n) is 4.01. The Balaban J connectivity index is 2.26. The molecular formula is C12H12N4O4S. The summed E-state index contributed by atoms with van der Waals surface area (Å²) in [5.41, 5.74) is 3.27. The van der Waals surface area contributed by atoms with E-state index in [-0.39, 0.29) is 11.3 Å². The molecule has 0 saturated carbocycles. The number of rotatable bonds is 5. The van der Waals surface area contributed by atoms with Gasteiger partial charge in [0.1, 0.15) is 5.75 Å². The maximum atomic E-state index is 10.9. The summed E-state index contributed by atoms with van der Waals surface area (Å²) in [4.78, 5) is 14.3. The molecule has 0 unspecified atom stereocenters. The van der Waals surface area contributed by atoms with Gasteiger partial charge < -0.3 is 9.84 Å². The normalized spacial score (nSPS) is 10.8. The van der Waals surface area contributed by atoms with Crippen molar-refractivity contribution in [3.05, 3.63) is 38.9 Å². The first-order valence-electron chi connectivity index (χ1n) is 5.78. The van der Waals surface area contributed by atoms with Gasteiger partial charge in [-0.05, 0) is 13.0 Å². The van der Waals surface area contributed by atoms with Gasteiger partial charge in [0.15, 0.2) is 0 Å². The first kappa shape index (κ1) is 14.7. The number of phenols is 1. The predicted molar refractivity (Wildman–Crippen MR) is 79.4 cm³/mol. The number of hydrazone groups is 1. The lowest BCUT2D eigenvalue weighted by Crippen LogP contribution is -1.96. The number of benzene rings is 1. The summed E-state index contributed by atoms with van der Waals surface area (Å²) in [6.45, 7) is 1.85. The third kappa shape index (κ3) is 3.45. The zero-order valence-corrected chi connectivity index (χ0v) is 12.0. The van der Waals surface area contributed by atoms with Crippen LogP contribution in [0.25, 0.3) is 0 Å². The summed E-state index contributed by atoms with van der Waals surface area (Å²) in [5.74, 6) is -0.215. The fraction of sp³-hybridized carbons (Fsp3) is 0.167. The minimum absolute atomic E-state index is 0.168. The van der Waals surface area contributed by atoms with Crippen molar-refractivity contribution in [1.29, 1.82) is 0 Å². The number of aromatic nitrogens is 1. The van der Waals surface area contributed by atoms with Crippen molar-refractivity contribution >= 4 is 28.4 Å². The predicted octanol–water partition coefficient (Wildman–Crippen LogP) is 2.52. The van der Waals surface area contributed by atoms with Crippen LogP contribution in [-0.4, -0.2) is 28.3 Å². The van der Waals surface area contributed by atoms with E-state index in [1.54, 1.807) is 0 Å². The van der Waals surface area contributed by atoms with E-state index in [0.717, 1.165) is 11.8 Å². The number of anilines is 1. The van der Waals surface area contributed by atoms with Crippen LogP contribution in [0.5, 0.6) is 11.5 Å². The number of nitro benzene ring substituents is 1. The van der Waals surface area contributed by atoms with Crippen molar-refractivity contribution < 1.29 is 14.8 Å². The highest BCUT2D eigenvalue weighted by atomic mass is 32.1. The zero-order chi connectivity index (χ0) is 15.4. The first-order valence-corrected chi connectivity index (χ1v) is 6.66. The topological polar surface area (TPSA) is 110 Å². The summed E-state index contributed by atoms with van der Waals surface area (Å²) in [5, 5.41) is 27.0. The number of hydrogen-bond donors (Lipinski definition) is 2. The van der Waals surface area contributed by atoms with Gasteiger partial charge in [0.05, 0.1) is 30.0 Å². The molecule has 0 saturated heterocycles. The van der Waals surface area contributed by atoms with Crippen molar-refractivity contribution in [2.45, 2.75) is 6.92 Å². The Morgan fingerprint density at radius 1 is 1.57 bits per heavy atom. The van der Waals surface area contributed by atoms with Crippen molar-refractivity contribution in [3.8, 4) is 11.5 Å². The molecule has 0 fully saturated rings. The lowest BCUT2D eigenvalue weighted by molar-refractivity contribution is -0.385. The summed E-state index contributed by atoms with van der Waals surface area (Å²) < 4.78 is 4.96. The van der Waals surface area contributed by atoms with Gasteiger partial charge in [0, 0.05) is 10.9 Å².